The van der Waals surface area contributed by atoms with Crippen molar-refractivity contribution in [2.45, 2.75) is 13.8 Å². The number of likely N-dealkylation sites (N-methyl/N-ethyl adjacent to an activating group) is 2. The van der Waals surface area contributed by atoms with Gasteiger partial charge in [0, 0.05) is 35.9 Å². The zero-order valence-corrected chi connectivity index (χ0v) is 17.6. The molecule has 7 nitrogen and oxygen atoms in total. The van der Waals surface area contributed by atoms with Gasteiger partial charge in [0.15, 0.2) is 13.2 Å². The van der Waals surface area contributed by atoms with E-state index in [-0.39, 0.29) is 19.1 Å². The van der Waals surface area contributed by atoms with Gasteiger partial charge in [0.1, 0.15) is 5.75 Å². The molecular formula is C21H25ClN2O5. The van der Waals surface area contributed by atoms with Crippen molar-refractivity contribution in [1.29, 1.82) is 0 Å². The van der Waals surface area contributed by atoms with Crippen molar-refractivity contribution in [3.05, 3.63) is 41.4 Å². The third-order valence-electron chi connectivity index (χ3n) is 4.45. The van der Waals surface area contributed by atoms with Crippen molar-refractivity contribution in [2.24, 2.45) is 0 Å². The van der Waals surface area contributed by atoms with Crippen molar-refractivity contribution in [3.8, 4) is 5.75 Å². The Kier molecular flexibility index (Phi) is 8.27. The minimum atomic E-state index is -0.680. The second-order valence-corrected chi connectivity index (χ2v) is 6.76. The molecule has 0 aliphatic heterocycles. The van der Waals surface area contributed by atoms with E-state index in [9.17, 15) is 14.4 Å². The van der Waals surface area contributed by atoms with Crippen molar-refractivity contribution >= 4 is 40.2 Å². The topological polar surface area (TPSA) is 76.2 Å². The lowest BCUT2D eigenvalue weighted by Crippen LogP contribution is -2.42. The van der Waals surface area contributed by atoms with Crippen LogP contribution in [0.5, 0.6) is 5.75 Å². The van der Waals surface area contributed by atoms with Crippen molar-refractivity contribution in [3.63, 3.8) is 0 Å². The summed E-state index contributed by atoms with van der Waals surface area (Å²) >= 11 is 6.16. The van der Waals surface area contributed by atoms with Crippen LogP contribution in [0.3, 0.4) is 0 Å². The lowest BCUT2D eigenvalue weighted by molar-refractivity contribution is -0.153. The molecule has 0 unspecified atom stereocenters. The summed E-state index contributed by atoms with van der Waals surface area (Å²) in [7, 11) is 1.49. The van der Waals surface area contributed by atoms with Crippen LogP contribution in [-0.4, -0.2) is 67.5 Å². The normalized spacial score (nSPS) is 10.5. The van der Waals surface area contributed by atoms with Gasteiger partial charge in [-0.25, -0.2) is 4.79 Å². The van der Waals surface area contributed by atoms with E-state index in [0.717, 1.165) is 10.8 Å². The lowest BCUT2D eigenvalue weighted by Gasteiger charge is -2.23. The van der Waals surface area contributed by atoms with E-state index in [4.69, 9.17) is 21.1 Å². The van der Waals surface area contributed by atoms with Crippen LogP contribution in [0.1, 0.15) is 13.8 Å². The molecule has 2 amide bonds. The van der Waals surface area contributed by atoms with Crippen LogP contribution in [0.2, 0.25) is 5.02 Å². The molecule has 0 N–H and O–H groups in total. The van der Waals surface area contributed by atoms with Crippen LogP contribution in [0.4, 0.5) is 0 Å². The summed E-state index contributed by atoms with van der Waals surface area (Å²) in [6.07, 6.45) is 0. The Balaban J connectivity index is 1.84. The molecule has 8 heteroatoms. The van der Waals surface area contributed by atoms with Gasteiger partial charge in [0.05, 0.1) is 6.54 Å². The number of rotatable bonds is 9. The number of amides is 2. The van der Waals surface area contributed by atoms with Gasteiger partial charge < -0.3 is 19.3 Å². The first kappa shape index (κ1) is 22.5. The van der Waals surface area contributed by atoms with E-state index in [2.05, 4.69) is 0 Å². The zero-order chi connectivity index (χ0) is 21.4. The molecule has 0 aliphatic carbocycles. The van der Waals surface area contributed by atoms with Gasteiger partial charge in [0.2, 0.25) is 5.91 Å². The smallest absolute Gasteiger partial charge is 0.344 e. The molecule has 0 fully saturated rings. The van der Waals surface area contributed by atoms with Crippen molar-refractivity contribution < 1.29 is 23.9 Å². The van der Waals surface area contributed by atoms with Gasteiger partial charge in [0.25, 0.3) is 5.91 Å². The first-order valence-electron chi connectivity index (χ1n) is 9.34. The average molecular weight is 421 g/mol. The highest BCUT2D eigenvalue weighted by Gasteiger charge is 2.18. The fourth-order valence-electron chi connectivity index (χ4n) is 2.76. The minimum Gasteiger partial charge on any atom is -0.481 e. The van der Waals surface area contributed by atoms with Gasteiger partial charge in [-0.3, -0.25) is 9.59 Å². The van der Waals surface area contributed by atoms with Gasteiger partial charge >= 0.3 is 5.97 Å². The quantitative estimate of drug-likeness (QED) is 0.583. The highest BCUT2D eigenvalue weighted by Crippen LogP contribution is 2.31. The fourth-order valence-corrected chi connectivity index (χ4v) is 2.99. The molecule has 0 saturated heterocycles. The Morgan fingerprint density at radius 3 is 2.24 bits per heavy atom. The third-order valence-corrected chi connectivity index (χ3v) is 4.78. The van der Waals surface area contributed by atoms with Gasteiger partial charge in [-0.05, 0) is 26.0 Å². The fraction of sp³-hybridized carbons (Fsp3) is 0.381. The maximum absolute atomic E-state index is 12.1. The Bertz CT molecular complexity index is 883. The number of ether oxygens (including phenoxy) is 2. The predicted octanol–water partition coefficient (Wildman–Crippen LogP) is 2.74. The molecule has 29 heavy (non-hydrogen) atoms. The van der Waals surface area contributed by atoms with Gasteiger partial charge in [-0.15, -0.1) is 0 Å². The SMILES string of the molecule is CCN(CC)C(=O)CN(C)C(=O)COC(=O)COc1ccc(Cl)c2ccccc12. The maximum atomic E-state index is 12.1. The number of fused-ring (bicyclic) bond motifs is 1. The van der Waals surface area contributed by atoms with Crippen LogP contribution >= 0.6 is 11.6 Å². The van der Waals surface area contributed by atoms with Crippen molar-refractivity contribution in [2.75, 3.05) is 39.9 Å². The molecule has 0 saturated carbocycles. The number of benzene rings is 2. The molecule has 0 spiro atoms. The standard InChI is InChI=1S/C21H25ClN2O5/c1-4-24(5-2)19(25)12-23(3)20(26)13-29-21(27)14-28-18-11-10-17(22)15-8-6-7-9-16(15)18/h6-11H,4-5,12-14H2,1-3H3. The average Bonchev–Trinajstić information content (AvgIpc) is 2.72. The molecule has 156 valence electrons. The minimum absolute atomic E-state index is 0.0642. The van der Waals surface area contributed by atoms with E-state index in [1.54, 1.807) is 17.0 Å². The second kappa shape index (κ2) is 10.7. The molecular weight excluding hydrogens is 396 g/mol. The highest BCUT2D eigenvalue weighted by atomic mass is 35.5. The number of carbonyl (C=O) groups excluding carboxylic acids is 3. The van der Waals surface area contributed by atoms with Crippen LogP contribution in [0.15, 0.2) is 36.4 Å². The molecule has 0 aromatic heterocycles. The summed E-state index contributed by atoms with van der Waals surface area (Å²) in [6.45, 7) is 4.02. The number of carbonyl (C=O) groups is 3. The van der Waals surface area contributed by atoms with Crippen LogP contribution in [0.25, 0.3) is 10.8 Å². The molecule has 0 radical (unpaired) electrons. The number of nitrogens with zero attached hydrogens (tertiary/aromatic N) is 2. The Morgan fingerprint density at radius 1 is 0.931 bits per heavy atom. The summed E-state index contributed by atoms with van der Waals surface area (Å²) in [4.78, 5) is 38.9. The van der Waals surface area contributed by atoms with E-state index in [1.807, 2.05) is 38.1 Å². The highest BCUT2D eigenvalue weighted by molar-refractivity contribution is 6.35. The van der Waals surface area contributed by atoms with Crippen LogP contribution in [-0.2, 0) is 19.1 Å². The van der Waals surface area contributed by atoms with Crippen LogP contribution < -0.4 is 4.74 Å². The lowest BCUT2D eigenvalue weighted by atomic mass is 10.1. The molecule has 2 aromatic carbocycles. The Labute approximate surface area is 175 Å². The maximum Gasteiger partial charge on any atom is 0.344 e. The van der Waals surface area contributed by atoms with Crippen molar-refractivity contribution in [1.82, 2.24) is 9.80 Å². The Morgan fingerprint density at radius 2 is 1.59 bits per heavy atom. The van der Waals surface area contributed by atoms with E-state index in [1.165, 1.54) is 11.9 Å². The van der Waals surface area contributed by atoms with Gasteiger partial charge in [-0.1, -0.05) is 35.9 Å². The molecule has 0 aliphatic rings. The summed E-state index contributed by atoms with van der Waals surface area (Å²) < 4.78 is 10.5. The predicted molar refractivity (Wildman–Crippen MR) is 111 cm³/mol. The Hall–Kier alpha value is -2.80. The largest absolute Gasteiger partial charge is 0.481 e. The zero-order valence-electron chi connectivity index (χ0n) is 16.8. The number of hydrogen-bond acceptors (Lipinski definition) is 5. The summed E-state index contributed by atoms with van der Waals surface area (Å²) in [5.74, 6) is -0.804. The molecule has 0 heterocycles. The number of esters is 1. The summed E-state index contributed by atoms with van der Waals surface area (Å²) in [6, 6.07) is 10.8. The number of halogens is 1. The summed E-state index contributed by atoms with van der Waals surface area (Å²) in [5.41, 5.74) is 0. The van der Waals surface area contributed by atoms with E-state index in [0.29, 0.717) is 23.9 Å². The molecule has 2 rings (SSSR count). The van der Waals surface area contributed by atoms with Crippen LogP contribution in [0, 0.1) is 0 Å². The monoisotopic (exact) mass is 420 g/mol. The second-order valence-electron chi connectivity index (χ2n) is 6.36. The summed E-state index contributed by atoms with van der Waals surface area (Å²) in [5, 5.41) is 2.18. The van der Waals surface area contributed by atoms with E-state index < -0.39 is 18.5 Å². The molecule has 0 atom stereocenters. The third kappa shape index (κ3) is 6.09. The number of hydrogen-bond donors (Lipinski definition) is 0. The van der Waals surface area contributed by atoms with E-state index >= 15 is 0 Å². The first-order chi connectivity index (χ1) is 13.9. The first-order valence-corrected chi connectivity index (χ1v) is 9.72. The van der Waals surface area contributed by atoms with Gasteiger partial charge in [-0.2, -0.15) is 0 Å². The molecule has 2 aromatic rings. The molecule has 0 bridgehead atoms.